The van der Waals surface area contributed by atoms with E-state index in [0.717, 1.165) is 38.5 Å². The van der Waals surface area contributed by atoms with Gasteiger partial charge in [0.1, 0.15) is 27.1 Å². The number of anilines is 2. The van der Waals surface area contributed by atoms with E-state index in [1.54, 1.807) is 13.4 Å². The second-order valence-corrected chi connectivity index (χ2v) is 6.91. The van der Waals surface area contributed by atoms with E-state index in [0.29, 0.717) is 11.7 Å². The molecule has 2 N–H and O–H groups in total. The van der Waals surface area contributed by atoms with Gasteiger partial charge in [-0.2, -0.15) is 0 Å². The maximum atomic E-state index is 5.89. The molecule has 0 radical (unpaired) electrons. The Morgan fingerprint density at radius 3 is 2.68 bits per heavy atom. The molecular formula is C17H18N6OS. The Morgan fingerprint density at radius 2 is 1.96 bits per heavy atom. The number of benzene rings is 1. The molecule has 0 aliphatic carbocycles. The maximum Gasteiger partial charge on any atom is 0.182 e. The minimum Gasteiger partial charge on any atom is -0.497 e. The Labute approximate surface area is 148 Å². The van der Waals surface area contributed by atoms with E-state index < -0.39 is 0 Å². The number of ether oxygens (including phenoxy) is 1. The molecule has 0 saturated heterocycles. The number of fused-ring (bicyclic) bond motifs is 3. The number of thiazole rings is 1. The summed E-state index contributed by atoms with van der Waals surface area (Å²) in [5, 5.41) is 0.514. The van der Waals surface area contributed by atoms with Crippen LogP contribution >= 0.6 is 11.3 Å². The second-order valence-electron chi connectivity index (χ2n) is 5.90. The molecule has 0 atom stereocenters. The van der Waals surface area contributed by atoms with Gasteiger partial charge >= 0.3 is 0 Å². The first-order valence-corrected chi connectivity index (χ1v) is 8.59. The Hall–Kier alpha value is -2.87. The third-order valence-corrected chi connectivity index (χ3v) is 4.93. The number of aryl methyl sites for hydroxylation is 1. The number of rotatable bonds is 4. The van der Waals surface area contributed by atoms with Crippen molar-refractivity contribution in [1.29, 1.82) is 0 Å². The molecule has 8 heteroatoms. The van der Waals surface area contributed by atoms with Crippen LogP contribution in [0.25, 0.3) is 21.4 Å². The van der Waals surface area contributed by atoms with Crippen LogP contribution in [0.15, 0.2) is 30.6 Å². The van der Waals surface area contributed by atoms with Crippen molar-refractivity contribution in [2.24, 2.45) is 7.05 Å². The molecule has 0 bridgehead atoms. The molecular weight excluding hydrogens is 336 g/mol. The van der Waals surface area contributed by atoms with Gasteiger partial charge in [-0.25, -0.2) is 15.0 Å². The number of nitrogens with two attached hydrogens (primary N) is 1. The zero-order valence-corrected chi connectivity index (χ0v) is 15.0. The molecule has 128 valence electrons. The number of nitrogen functional groups attached to an aromatic ring is 1. The van der Waals surface area contributed by atoms with Gasteiger partial charge in [0.05, 0.1) is 13.4 Å². The average molecular weight is 354 g/mol. The van der Waals surface area contributed by atoms with Gasteiger partial charge in [0, 0.05) is 20.6 Å². The monoisotopic (exact) mass is 354 g/mol. The number of hydrogen-bond acceptors (Lipinski definition) is 7. The summed E-state index contributed by atoms with van der Waals surface area (Å²) in [5.41, 5.74) is 9.64. The zero-order chi connectivity index (χ0) is 17.6. The molecule has 0 amide bonds. The van der Waals surface area contributed by atoms with Crippen LogP contribution in [0.4, 0.5) is 10.9 Å². The number of imidazole rings is 1. The number of nitrogens with zero attached hydrogens (tertiary/aromatic N) is 5. The first-order chi connectivity index (χ1) is 12.1. The minimum absolute atomic E-state index is 0.514. The molecule has 1 aromatic carbocycles. The highest BCUT2D eigenvalue weighted by Gasteiger charge is 2.18. The van der Waals surface area contributed by atoms with Crippen LogP contribution in [0.5, 0.6) is 5.75 Å². The van der Waals surface area contributed by atoms with Gasteiger partial charge in [0.25, 0.3) is 0 Å². The zero-order valence-electron chi connectivity index (χ0n) is 14.2. The summed E-state index contributed by atoms with van der Waals surface area (Å²) in [7, 11) is 5.63. The molecule has 4 rings (SSSR count). The minimum atomic E-state index is 0.514. The molecule has 3 heterocycles. The van der Waals surface area contributed by atoms with Crippen molar-refractivity contribution in [3.63, 3.8) is 0 Å². The van der Waals surface area contributed by atoms with Crippen LogP contribution in [0.3, 0.4) is 0 Å². The Bertz CT molecular complexity index is 1050. The van der Waals surface area contributed by atoms with Crippen LogP contribution in [0.1, 0.15) is 5.56 Å². The molecule has 4 aromatic rings. The van der Waals surface area contributed by atoms with Crippen molar-refractivity contribution >= 4 is 43.7 Å². The summed E-state index contributed by atoms with van der Waals surface area (Å²) < 4.78 is 7.18. The van der Waals surface area contributed by atoms with Crippen LogP contribution in [-0.2, 0) is 13.6 Å². The van der Waals surface area contributed by atoms with Gasteiger partial charge in [-0.3, -0.25) is 0 Å². The number of hydrogen-bond donors (Lipinski definition) is 1. The third kappa shape index (κ3) is 2.64. The number of methoxy groups -OCH3 is 1. The quantitative estimate of drug-likeness (QED) is 0.607. The van der Waals surface area contributed by atoms with Gasteiger partial charge in [-0.05, 0) is 17.7 Å². The van der Waals surface area contributed by atoms with Gasteiger partial charge < -0.3 is 19.9 Å². The Morgan fingerprint density at radius 1 is 1.20 bits per heavy atom. The van der Waals surface area contributed by atoms with Crippen molar-refractivity contribution in [3.8, 4) is 5.75 Å². The fraction of sp³-hybridized carbons (Fsp3) is 0.235. The van der Waals surface area contributed by atoms with Crippen LogP contribution in [0, 0.1) is 0 Å². The van der Waals surface area contributed by atoms with Crippen molar-refractivity contribution in [3.05, 3.63) is 36.2 Å². The van der Waals surface area contributed by atoms with E-state index in [1.165, 1.54) is 11.3 Å². The first kappa shape index (κ1) is 15.6. The molecule has 7 nitrogen and oxygen atoms in total. The van der Waals surface area contributed by atoms with Crippen molar-refractivity contribution < 1.29 is 4.74 Å². The highest BCUT2D eigenvalue weighted by atomic mass is 32.1. The fourth-order valence-electron chi connectivity index (χ4n) is 2.93. The summed E-state index contributed by atoms with van der Waals surface area (Å²) in [6.45, 7) is 0.711. The smallest absolute Gasteiger partial charge is 0.182 e. The van der Waals surface area contributed by atoms with Gasteiger partial charge in [-0.1, -0.05) is 23.5 Å². The highest BCUT2D eigenvalue weighted by molar-refractivity contribution is 7.21. The molecule has 0 aliphatic heterocycles. The Kier molecular flexibility index (Phi) is 3.69. The van der Waals surface area contributed by atoms with E-state index in [-0.39, 0.29) is 0 Å². The largest absolute Gasteiger partial charge is 0.497 e. The van der Waals surface area contributed by atoms with Crippen LogP contribution in [0.2, 0.25) is 0 Å². The molecule has 0 unspecified atom stereocenters. The van der Waals surface area contributed by atoms with Crippen molar-refractivity contribution in [2.45, 2.75) is 6.54 Å². The molecule has 3 aromatic heterocycles. The standard InChI is InChI=1S/C17H18N6OS/c1-22(8-10-4-6-11(24-3)7-5-10)15-12-14(23(2)9-19-12)13-16(21-15)25-17(18)20-13/h4-7,9H,8H2,1-3H3,(H2,18,20). The Balaban J connectivity index is 1.78. The van der Waals surface area contributed by atoms with E-state index in [2.05, 4.69) is 14.9 Å². The summed E-state index contributed by atoms with van der Waals surface area (Å²) in [6.07, 6.45) is 1.78. The summed E-state index contributed by atoms with van der Waals surface area (Å²) in [5.74, 6) is 1.67. The van der Waals surface area contributed by atoms with Gasteiger partial charge in [-0.15, -0.1) is 0 Å². The molecule has 0 aliphatic rings. The summed E-state index contributed by atoms with van der Waals surface area (Å²) in [4.78, 5) is 16.6. The second kappa shape index (κ2) is 5.89. The maximum absolute atomic E-state index is 5.89. The first-order valence-electron chi connectivity index (χ1n) is 7.78. The fourth-order valence-corrected chi connectivity index (χ4v) is 3.63. The predicted octanol–water partition coefficient (Wildman–Crippen LogP) is 2.81. The van der Waals surface area contributed by atoms with Crippen LogP contribution in [-0.4, -0.2) is 33.7 Å². The third-order valence-electron chi connectivity index (χ3n) is 4.15. The average Bonchev–Trinajstić information content (AvgIpc) is 3.16. The lowest BCUT2D eigenvalue weighted by molar-refractivity contribution is 0.414. The predicted molar refractivity (Wildman–Crippen MR) is 101 cm³/mol. The number of aromatic nitrogens is 4. The van der Waals surface area contributed by atoms with Crippen molar-refractivity contribution in [2.75, 3.05) is 24.8 Å². The highest BCUT2D eigenvalue weighted by Crippen LogP contribution is 2.33. The summed E-state index contributed by atoms with van der Waals surface area (Å²) >= 11 is 1.39. The molecule has 25 heavy (non-hydrogen) atoms. The lowest BCUT2D eigenvalue weighted by Crippen LogP contribution is -2.18. The van der Waals surface area contributed by atoms with Gasteiger partial charge in [0.15, 0.2) is 10.9 Å². The van der Waals surface area contributed by atoms with E-state index in [4.69, 9.17) is 15.5 Å². The normalized spacial score (nSPS) is 11.3. The number of pyridine rings is 1. The lowest BCUT2D eigenvalue weighted by atomic mass is 10.2. The van der Waals surface area contributed by atoms with Gasteiger partial charge in [0.2, 0.25) is 0 Å². The molecule has 0 spiro atoms. The lowest BCUT2D eigenvalue weighted by Gasteiger charge is -2.19. The van der Waals surface area contributed by atoms with E-state index >= 15 is 0 Å². The summed E-state index contributed by atoms with van der Waals surface area (Å²) in [6, 6.07) is 8.02. The van der Waals surface area contributed by atoms with Crippen LogP contribution < -0.4 is 15.4 Å². The SMILES string of the molecule is COc1ccc(CN(C)c2nc3sc(N)nc3c3c2ncn3C)cc1. The van der Waals surface area contributed by atoms with Crippen molar-refractivity contribution in [1.82, 2.24) is 19.5 Å². The topological polar surface area (TPSA) is 82.1 Å². The van der Waals surface area contributed by atoms with E-state index in [1.807, 2.05) is 42.9 Å². The van der Waals surface area contributed by atoms with E-state index in [9.17, 15) is 0 Å². The molecule has 0 fully saturated rings. The molecule has 0 saturated carbocycles.